The molecule has 7 heteroatoms. The summed E-state index contributed by atoms with van der Waals surface area (Å²) in [5, 5.41) is 13.7. The lowest BCUT2D eigenvalue weighted by atomic mass is 10.2. The Kier molecular flexibility index (Phi) is 3.15. The van der Waals surface area contributed by atoms with Gasteiger partial charge >= 0.3 is 0 Å². The minimum atomic E-state index is -0.203. The fraction of sp³-hybridized carbons (Fsp3) is 0. The van der Waals surface area contributed by atoms with E-state index in [1.807, 2.05) is 6.07 Å². The van der Waals surface area contributed by atoms with Crippen molar-refractivity contribution in [2.75, 3.05) is 5.32 Å². The first-order valence-corrected chi connectivity index (χ1v) is 5.88. The van der Waals surface area contributed by atoms with Crippen LogP contribution in [0.15, 0.2) is 55.1 Å². The van der Waals surface area contributed by atoms with Gasteiger partial charge in [-0.2, -0.15) is 0 Å². The molecule has 1 amide bonds. The fourth-order valence-corrected chi connectivity index (χ4v) is 1.71. The number of carbonyl (C=O) groups is 1. The molecular weight excluding hydrogens is 256 g/mol. The average molecular weight is 266 g/mol. The maximum Gasteiger partial charge on any atom is 0.255 e. The van der Waals surface area contributed by atoms with Gasteiger partial charge in [0.2, 0.25) is 0 Å². The maximum absolute atomic E-state index is 12.1. The highest BCUT2D eigenvalue weighted by Crippen LogP contribution is 2.11. The first-order chi connectivity index (χ1) is 9.83. The number of pyridine rings is 1. The molecule has 0 aliphatic rings. The molecule has 0 fully saturated rings. The van der Waals surface area contributed by atoms with Gasteiger partial charge < -0.3 is 5.32 Å². The monoisotopic (exact) mass is 266 g/mol. The number of nitrogens with one attached hydrogen (secondary N) is 1. The van der Waals surface area contributed by atoms with Gasteiger partial charge in [-0.15, -0.1) is 5.10 Å². The summed E-state index contributed by atoms with van der Waals surface area (Å²) in [4.78, 5) is 16.0. The van der Waals surface area contributed by atoms with Gasteiger partial charge in [-0.05, 0) is 40.8 Å². The predicted molar refractivity (Wildman–Crippen MR) is 71.3 cm³/mol. The standard InChI is InChI=1S/C13H10N6O/c20-13(16-11-4-6-14-7-5-11)10-2-1-3-12(8-10)19-9-15-17-18-19/h1-9H,(H,14,16,20). The Bertz CT molecular complexity index is 711. The maximum atomic E-state index is 12.1. The molecule has 0 unspecified atom stereocenters. The SMILES string of the molecule is O=C(Nc1ccncc1)c1cccc(-n2cnnn2)c1. The van der Waals surface area contributed by atoms with E-state index >= 15 is 0 Å². The number of hydrogen-bond donors (Lipinski definition) is 1. The van der Waals surface area contributed by atoms with Crippen molar-refractivity contribution in [1.82, 2.24) is 25.2 Å². The van der Waals surface area contributed by atoms with Gasteiger partial charge in [-0.1, -0.05) is 6.07 Å². The van der Waals surface area contributed by atoms with E-state index in [1.165, 1.54) is 11.0 Å². The fourth-order valence-electron chi connectivity index (χ4n) is 1.71. The first kappa shape index (κ1) is 12.0. The van der Waals surface area contributed by atoms with Gasteiger partial charge in [-0.3, -0.25) is 9.78 Å². The predicted octanol–water partition coefficient (Wildman–Crippen LogP) is 1.31. The third kappa shape index (κ3) is 2.51. The first-order valence-electron chi connectivity index (χ1n) is 5.88. The molecule has 98 valence electrons. The molecule has 0 aliphatic heterocycles. The van der Waals surface area contributed by atoms with E-state index < -0.39 is 0 Å². The molecule has 1 N–H and O–H groups in total. The number of carbonyl (C=O) groups excluding carboxylic acids is 1. The molecular formula is C13H10N6O. The summed E-state index contributed by atoms with van der Waals surface area (Å²) < 4.78 is 1.49. The molecule has 0 radical (unpaired) electrons. The molecule has 3 aromatic rings. The lowest BCUT2D eigenvalue weighted by Crippen LogP contribution is -2.12. The average Bonchev–Trinajstić information content (AvgIpc) is 3.03. The molecule has 0 saturated heterocycles. The molecule has 0 aliphatic carbocycles. The smallest absolute Gasteiger partial charge is 0.255 e. The van der Waals surface area contributed by atoms with E-state index in [4.69, 9.17) is 0 Å². The summed E-state index contributed by atoms with van der Waals surface area (Å²) in [7, 11) is 0. The lowest BCUT2D eigenvalue weighted by molar-refractivity contribution is 0.102. The number of aromatic nitrogens is 5. The van der Waals surface area contributed by atoms with E-state index in [-0.39, 0.29) is 5.91 Å². The minimum absolute atomic E-state index is 0.203. The normalized spacial score (nSPS) is 10.2. The third-order valence-electron chi connectivity index (χ3n) is 2.66. The van der Waals surface area contributed by atoms with Crippen molar-refractivity contribution in [1.29, 1.82) is 0 Å². The molecule has 0 saturated carbocycles. The number of amides is 1. The zero-order valence-corrected chi connectivity index (χ0v) is 10.3. The van der Waals surface area contributed by atoms with Crippen LogP contribution in [-0.2, 0) is 0 Å². The largest absolute Gasteiger partial charge is 0.322 e. The molecule has 2 heterocycles. The molecule has 0 bridgehead atoms. The molecule has 1 aromatic carbocycles. The van der Waals surface area contributed by atoms with Gasteiger partial charge in [0.15, 0.2) is 0 Å². The number of nitrogens with zero attached hydrogens (tertiary/aromatic N) is 5. The summed E-state index contributed by atoms with van der Waals surface area (Å²) >= 11 is 0. The number of hydrogen-bond acceptors (Lipinski definition) is 5. The highest BCUT2D eigenvalue weighted by atomic mass is 16.1. The van der Waals surface area contributed by atoms with Crippen LogP contribution < -0.4 is 5.32 Å². The Labute approximate surface area is 114 Å². The second kappa shape index (κ2) is 5.27. The van der Waals surface area contributed by atoms with E-state index in [1.54, 1.807) is 42.7 Å². The number of tetrazole rings is 1. The quantitative estimate of drug-likeness (QED) is 0.772. The Morgan fingerprint density at radius 3 is 2.75 bits per heavy atom. The molecule has 20 heavy (non-hydrogen) atoms. The lowest BCUT2D eigenvalue weighted by Gasteiger charge is -2.06. The van der Waals surface area contributed by atoms with Gasteiger partial charge in [0, 0.05) is 23.6 Å². The van der Waals surface area contributed by atoms with Gasteiger partial charge in [0.25, 0.3) is 5.91 Å². The van der Waals surface area contributed by atoms with Crippen LogP contribution in [0.1, 0.15) is 10.4 Å². The second-order valence-electron chi connectivity index (χ2n) is 3.99. The third-order valence-corrected chi connectivity index (χ3v) is 2.66. The van der Waals surface area contributed by atoms with Gasteiger partial charge in [-0.25, -0.2) is 4.68 Å². The Morgan fingerprint density at radius 1 is 1.15 bits per heavy atom. The highest BCUT2D eigenvalue weighted by molar-refractivity contribution is 6.04. The summed E-state index contributed by atoms with van der Waals surface area (Å²) in [5.41, 5.74) is 1.94. The Morgan fingerprint density at radius 2 is 2.00 bits per heavy atom. The van der Waals surface area contributed by atoms with Crippen LogP contribution in [0.5, 0.6) is 0 Å². The van der Waals surface area contributed by atoms with Crippen molar-refractivity contribution in [2.45, 2.75) is 0 Å². The summed E-state index contributed by atoms with van der Waals surface area (Å²) in [6.45, 7) is 0. The molecule has 7 nitrogen and oxygen atoms in total. The molecule has 0 atom stereocenters. The van der Waals surface area contributed by atoms with Crippen LogP contribution in [0.2, 0.25) is 0 Å². The van der Waals surface area contributed by atoms with Crippen molar-refractivity contribution in [2.24, 2.45) is 0 Å². The minimum Gasteiger partial charge on any atom is -0.322 e. The van der Waals surface area contributed by atoms with Crippen LogP contribution in [0.4, 0.5) is 5.69 Å². The summed E-state index contributed by atoms with van der Waals surface area (Å²) in [6.07, 6.45) is 4.71. The van der Waals surface area contributed by atoms with Crippen molar-refractivity contribution in [3.05, 3.63) is 60.7 Å². The van der Waals surface area contributed by atoms with Crippen molar-refractivity contribution < 1.29 is 4.79 Å². The van der Waals surface area contributed by atoms with Gasteiger partial charge in [0.1, 0.15) is 6.33 Å². The van der Waals surface area contributed by atoms with Crippen molar-refractivity contribution >= 4 is 11.6 Å². The van der Waals surface area contributed by atoms with Crippen LogP contribution in [0.3, 0.4) is 0 Å². The zero-order chi connectivity index (χ0) is 13.8. The van der Waals surface area contributed by atoms with E-state index in [2.05, 4.69) is 25.8 Å². The van der Waals surface area contributed by atoms with Crippen LogP contribution >= 0.6 is 0 Å². The van der Waals surface area contributed by atoms with Crippen LogP contribution in [-0.4, -0.2) is 31.1 Å². The topological polar surface area (TPSA) is 85.6 Å². The second-order valence-corrected chi connectivity index (χ2v) is 3.99. The Hall–Kier alpha value is -3.09. The summed E-state index contributed by atoms with van der Waals surface area (Å²) in [6, 6.07) is 10.5. The Balaban J connectivity index is 1.84. The van der Waals surface area contributed by atoms with Crippen LogP contribution in [0.25, 0.3) is 5.69 Å². The number of benzene rings is 1. The van der Waals surface area contributed by atoms with Crippen LogP contribution in [0, 0.1) is 0 Å². The van der Waals surface area contributed by atoms with Crippen molar-refractivity contribution in [3.63, 3.8) is 0 Å². The number of anilines is 1. The van der Waals surface area contributed by atoms with E-state index in [0.717, 1.165) is 5.69 Å². The van der Waals surface area contributed by atoms with Gasteiger partial charge in [0.05, 0.1) is 5.69 Å². The zero-order valence-electron chi connectivity index (χ0n) is 10.3. The van der Waals surface area contributed by atoms with E-state index in [0.29, 0.717) is 11.3 Å². The van der Waals surface area contributed by atoms with Crippen molar-refractivity contribution in [3.8, 4) is 5.69 Å². The molecule has 3 rings (SSSR count). The molecule has 0 spiro atoms. The number of rotatable bonds is 3. The summed E-state index contributed by atoms with van der Waals surface area (Å²) in [5.74, 6) is -0.203. The highest BCUT2D eigenvalue weighted by Gasteiger charge is 2.07. The van der Waals surface area contributed by atoms with E-state index in [9.17, 15) is 4.79 Å². The molecule has 2 aromatic heterocycles.